The number of benzene rings is 2. The number of nitrogens with zero attached hydrogens (tertiary/aromatic N) is 3. The highest BCUT2D eigenvalue weighted by Gasteiger charge is 2.24. The van der Waals surface area contributed by atoms with Crippen molar-refractivity contribution >= 4 is 32.7 Å². The van der Waals surface area contributed by atoms with E-state index in [2.05, 4.69) is 9.88 Å². The van der Waals surface area contributed by atoms with Gasteiger partial charge in [-0.05, 0) is 50.2 Å². The van der Waals surface area contributed by atoms with Crippen molar-refractivity contribution in [3.05, 3.63) is 42.2 Å². The quantitative estimate of drug-likeness (QED) is 0.585. The van der Waals surface area contributed by atoms with Crippen molar-refractivity contribution in [1.29, 1.82) is 0 Å². The van der Waals surface area contributed by atoms with Crippen molar-refractivity contribution in [2.75, 3.05) is 37.3 Å². The summed E-state index contributed by atoms with van der Waals surface area (Å²) in [4.78, 5) is 20.2. The van der Waals surface area contributed by atoms with Crippen LogP contribution in [0.15, 0.2) is 45.7 Å². The number of halogens is 1. The van der Waals surface area contributed by atoms with Gasteiger partial charge in [0.2, 0.25) is 5.89 Å². The van der Waals surface area contributed by atoms with Crippen LogP contribution in [0.2, 0.25) is 0 Å². The van der Waals surface area contributed by atoms with Crippen LogP contribution in [-0.2, 0) is 14.6 Å². The smallest absolute Gasteiger partial charge is 0.410 e. The Morgan fingerprint density at radius 2 is 1.84 bits per heavy atom. The van der Waals surface area contributed by atoms with E-state index in [1.807, 2.05) is 26.0 Å². The highest BCUT2D eigenvalue weighted by Crippen LogP contribution is 2.30. The van der Waals surface area contributed by atoms with Crippen LogP contribution in [0, 0.1) is 5.82 Å². The summed E-state index contributed by atoms with van der Waals surface area (Å²) < 4.78 is 48.7. The Labute approximate surface area is 185 Å². The predicted octanol–water partition coefficient (Wildman–Crippen LogP) is 3.70. The summed E-state index contributed by atoms with van der Waals surface area (Å²) in [5.74, 6) is -0.639. The molecule has 10 heteroatoms. The molecule has 0 aliphatic carbocycles. The number of oxazole rings is 1. The molecule has 1 saturated heterocycles. The van der Waals surface area contributed by atoms with Crippen molar-refractivity contribution in [2.45, 2.75) is 24.8 Å². The number of rotatable bonds is 4. The number of fused-ring (bicyclic) bond motifs is 1. The van der Waals surface area contributed by atoms with Crippen molar-refractivity contribution < 1.29 is 26.8 Å². The molecule has 1 aliphatic rings. The van der Waals surface area contributed by atoms with E-state index in [1.54, 1.807) is 11.0 Å². The minimum Gasteiger partial charge on any atom is -0.447 e. The second kappa shape index (κ2) is 8.42. The number of hydrogen-bond acceptors (Lipinski definition) is 7. The molecule has 1 aromatic heterocycles. The monoisotopic (exact) mass is 461 g/mol. The van der Waals surface area contributed by atoms with Gasteiger partial charge < -0.3 is 19.0 Å². The number of sulfone groups is 1. The molecule has 1 amide bonds. The second-order valence-corrected chi connectivity index (χ2v) is 10.0. The predicted molar refractivity (Wildman–Crippen MR) is 118 cm³/mol. The van der Waals surface area contributed by atoms with Gasteiger partial charge in [0.1, 0.15) is 11.3 Å². The van der Waals surface area contributed by atoms with Gasteiger partial charge in [0.05, 0.1) is 16.6 Å². The molecule has 1 fully saturated rings. The van der Waals surface area contributed by atoms with Gasteiger partial charge in [0.15, 0.2) is 15.4 Å². The molecule has 0 bridgehead atoms. The molecule has 8 nitrogen and oxygen atoms in total. The van der Waals surface area contributed by atoms with E-state index in [0.717, 1.165) is 18.0 Å². The van der Waals surface area contributed by atoms with Crippen molar-refractivity contribution in [3.8, 4) is 11.5 Å². The maximum Gasteiger partial charge on any atom is 0.410 e. The summed E-state index contributed by atoms with van der Waals surface area (Å²) >= 11 is 0. The first kappa shape index (κ1) is 22.1. The van der Waals surface area contributed by atoms with E-state index in [4.69, 9.17) is 9.15 Å². The maximum absolute atomic E-state index is 14.5. The van der Waals surface area contributed by atoms with Gasteiger partial charge in [-0.3, -0.25) is 0 Å². The Kier molecular flexibility index (Phi) is 5.81. The zero-order chi connectivity index (χ0) is 23.0. The van der Waals surface area contributed by atoms with E-state index in [-0.39, 0.29) is 28.5 Å². The average molecular weight is 462 g/mol. The standard InChI is InChI=1S/C22H24FN3O5S/c1-14(2)30-22(27)26-10-8-25(9-11-26)15-4-7-20-19(12-15)24-21(31-20)17-6-5-16(13-18(17)23)32(3,28)29/h4-7,12-14H,8-11H2,1-3H3. The maximum atomic E-state index is 14.5. The summed E-state index contributed by atoms with van der Waals surface area (Å²) in [5, 5.41) is 0. The van der Waals surface area contributed by atoms with Crippen molar-refractivity contribution in [2.24, 2.45) is 0 Å². The Bertz CT molecular complexity index is 1260. The Balaban J connectivity index is 1.53. The SMILES string of the molecule is CC(C)OC(=O)N1CCN(c2ccc3oc(-c4ccc(S(C)(=O)=O)cc4F)nc3c2)CC1. The molecule has 2 heterocycles. The van der Waals surface area contributed by atoms with Gasteiger partial charge in [0, 0.05) is 38.1 Å². The van der Waals surface area contributed by atoms with Gasteiger partial charge in [-0.2, -0.15) is 0 Å². The Hall–Kier alpha value is -3.14. The summed E-state index contributed by atoms with van der Waals surface area (Å²) in [5.41, 5.74) is 2.06. The Morgan fingerprint density at radius 3 is 2.47 bits per heavy atom. The van der Waals surface area contributed by atoms with E-state index >= 15 is 0 Å². The third kappa shape index (κ3) is 4.55. The van der Waals surface area contributed by atoms with E-state index in [9.17, 15) is 17.6 Å². The molecule has 1 aliphatic heterocycles. The third-order valence-corrected chi connectivity index (χ3v) is 6.32. The van der Waals surface area contributed by atoms with Crippen LogP contribution in [0.1, 0.15) is 13.8 Å². The lowest BCUT2D eigenvalue weighted by Crippen LogP contribution is -2.49. The van der Waals surface area contributed by atoms with Gasteiger partial charge in [-0.25, -0.2) is 22.6 Å². The summed E-state index contributed by atoms with van der Waals surface area (Å²) in [7, 11) is -3.51. The number of aromatic nitrogens is 1. The number of ether oxygens (including phenoxy) is 1. The number of amides is 1. The molecule has 0 atom stereocenters. The van der Waals surface area contributed by atoms with Crippen LogP contribution in [0.4, 0.5) is 14.9 Å². The zero-order valence-electron chi connectivity index (χ0n) is 18.0. The highest BCUT2D eigenvalue weighted by atomic mass is 32.2. The van der Waals surface area contributed by atoms with Crippen LogP contribution in [0.3, 0.4) is 0 Å². The summed E-state index contributed by atoms with van der Waals surface area (Å²) in [6.45, 7) is 6.02. The molecule has 2 aromatic carbocycles. The fourth-order valence-corrected chi connectivity index (χ4v) is 4.18. The first-order chi connectivity index (χ1) is 15.1. The first-order valence-electron chi connectivity index (χ1n) is 10.2. The van der Waals surface area contributed by atoms with Gasteiger partial charge in [0.25, 0.3) is 0 Å². The molecule has 0 radical (unpaired) electrons. The molecule has 0 unspecified atom stereocenters. The molecule has 170 valence electrons. The molecule has 0 spiro atoms. The summed E-state index contributed by atoms with van der Waals surface area (Å²) in [6.07, 6.45) is 0.562. The molecule has 4 rings (SSSR count). The number of piperazine rings is 1. The zero-order valence-corrected chi connectivity index (χ0v) is 18.9. The van der Waals surface area contributed by atoms with Crippen LogP contribution in [0.5, 0.6) is 0 Å². The van der Waals surface area contributed by atoms with Crippen LogP contribution >= 0.6 is 0 Å². The van der Waals surface area contributed by atoms with Crippen LogP contribution in [-0.4, -0.2) is 62.9 Å². The van der Waals surface area contributed by atoms with Gasteiger partial charge in [-0.1, -0.05) is 0 Å². The number of carbonyl (C=O) groups excluding carboxylic acids is 1. The van der Waals surface area contributed by atoms with Crippen molar-refractivity contribution in [1.82, 2.24) is 9.88 Å². The fourth-order valence-electron chi connectivity index (χ4n) is 3.55. The largest absolute Gasteiger partial charge is 0.447 e. The number of anilines is 1. The number of hydrogen-bond donors (Lipinski definition) is 0. The van der Waals surface area contributed by atoms with Crippen molar-refractivity contribution in [3.63, 3.8) is 0 Å². The minimum atomic E-state index is -3.51. The van der Waals surface area contributed by atoms with Crippen LogP contribution < -0.4 is 4.90 Å². The van der Waals surface area contributed by atoms with E-state index in [0.29, 0.717) is 37.3 Å². The first-order valence-corrected chi connectivity index (χ1v) is 12.1. The van der Waals surface area contributed by atoms with E-state index < -0.39 is 15.7 Å². The lowest BCUT2D eigenvalue weighted by Gasteiger charge is -2.35. The molecule has 0 N–H and O–H groups in total. The minimum absolute atomic E-state index is 0.0796. The molecular formula is C22H24FN3O5S. The van der Waals surface area contributed by atoms with Gasteiger partial charge in [-0.15, -0.1) is 0 Å². The lowest BCUT2D eigenvalue weighted by molar-refractivity contribution is 0.0751. The van der Waals surface area contributed by atoms with Gasteiger partial charge >= 0.3 is 6.09 Å². The van der Waals surface area contributed by atoms with Crippen LogP contribution in [0.25, 0.3) is 22.6 Å². The van der Waals surface area contributed by atoms with E-state index in [1.165, 1.54) is 12.1 Å². The Morgan fingerprint density at radius 1 is 1.12 bits per heavy atom. The third-order valence-electron chi connectivity index (χ3n) is 5.21. The summed E-state index contributed by atoms with van der Waals surface area (Å²) in [6, 6.07) is 9.17. The normalized spacial score (nSPS) is 14.9. The fraction of sp³-hybridized carbons (Fsp3) is 0.364. The molecular weight excluding hydrogens is 437 g/mol. The average Bonchev–Trinajstić information content (AvgIpc) is 3.15. The highest BCUT2D eigenvalue weighted by molar-refractivity contribution is 7.90. The second-order valence-electron chi connectivity index (χ2n) is 7.99. The molecule has 3 aromatic rings. The number of carbonyl (C=O) groups is 1. The lowest BCUT2D eigenvalue weighted by atomic mass is 10.2. The topological polar surface area (TPSA) is 93.0 Å². The molecule has 32 heavy (non-hydrogen) atoms. The molecule has 0 saturated carbocycles.